The number of fused-ring (bicyclic) bond motifs is 1. The van der Waals surface area contributed by atoms with Gasteiger partial charge in [-0.2, -0.15) is 0 Å². The number of rotatable bonds is 5. The summed E-state index contributed by atoms with van der Waals surface area (Å²) in [6, 6.07) is 11.2. The molecule has 0 aromatic heterocycles. The second-order valence-electron chi connectivity index (χ2n) is 7.00. The Bertz CT molecular complexity index is 954. The predicted molar refractivity (Wildman–Crippen MR) is 107 cm³/mol. The van der Waals surface area contributed by atoms with Crippen molar-refractivity contribution >= 4 is 23.7 Å². The molecule has 0 radical (unpaired) electrons. The number of amides is 3. The Balaban J connectivity index is 1.48. The molecule has 2 aromatic rings. The molecule has 1 unspecified atom stereocenters. The van der Waals surface area contributed by atoms with Gasteiger partial charge in [-0.15, -0.1) is 11.8 Å². The minimum atomic E-state index is -1.19. The highest BCUT2D eigenvalue weighted by molar-refractivity contribution is 7.99. The Morgan fingerprint density at radius 2 is 1.90 bits per heavy atom. The number of hydrogen-bond acceptors (Lipinski definition) is 5. The second kappa shape index (κ2) is 7.94. The Hall–Kier alpha value is -2.74. The predicted octanol–water partition coefficient (Wildman–Crippen LogP) is 3.55. The molecule has 152 valence electrons. The summed E-state index contributed by atoms with van der Waals surface area (Å²) in [5, 5.41) is 2.79. The summed E-state index contributed by atoms with van der Waals surface area (Å²) in [7, 11) is 0. The summed E-state index contributed by atoms with van der Waals surface area (Å²) in [5.41, 5.74) is -0.561. The molecule has 1 atom stereocenters. The number of halogens is 1. The van der Waals surface area contributed by atoms with Crippen molar-refractivity contribution in [2.45, 2.75) is 23.8 Å². The summed E-state index contributed by atoms with van der Waals surface area (Å²) in [6.45, 7) is 2.97. The van der Waals surface area contributed by atoms with Crippen LogP contribution < -0.4 is 14.8 Å². The number of nitrogens with zero attached hydrogens (tertiary/aromatic N) is 1. The number of ether oxygens (including phenoxy) is 2. The molecule has 29 heavy (non-hydrogen) atoms. The number of benzene rings is 2. The summed E-state index contributed by atoms with van der Waals surface area (Å²) in [6.07, 6.45) is 0.782. The normalized spacial score (nSPS) is 21.1. The number of nitrogens with one attached hydrogen (secondary N) is 1. The zero-order chi connectivity index (χ0) is 20.4. The third-order valence-electron chi connectivity index (χ3n) is 5.01. The van der Waals surface area contributed by atoms with Gasteiger partial charge in [-0.1, -0.05) is 18.2 Å². The second-order valence-corrected chi connectivity index (χ2v) is 8.14. The third kappa shape index (κ3) is 3.76. The lowest BCUT2D eigenvalue weighted by atomic mass is 9.91. The summed E-state index contributed by atoms with van der Waals surface area (Å²) in [5.74, 6) is 0.941. The molecule has 3 amide bonds. The molecule has 8 heteroatoms. The molecule has 4 rings (SSSR count). The van der Waals surface area contributed by atoms with E-state index in [4.69, 9.17) is 9.47 Å². The van der Waals surface area contributed by atoms with E-state index >= 15 is 0 Å². The van der Waals surface area contributed by atoms with Crippen molar-refractivity contribution in [2.24, 2.45) is 0 Å². The van der Waals surface area contributed by atoms with Gasteiger partial charge in [-0.25, -0.2) is 9.18 Å². The van der Waals surface area contributed by atoms with E-state index in [1.54, 1.807) is 43.3 Å². The molecule has 2 heterocycles. The molecule has 0 saturated carbocycles. The van der Waals surface area contributed by atoms with Crippen molar-refractivity contribution in [2.75, 3.05) is 25.5 Å². The maximum atomic E-state index is 13.8. The fourth-order valence-corrected chi connectivity index (χ4v) is 4.25. The summed E-state index contributed by atoms with van der Waals surface area (Å²) >= 11 is 1.27. The number of imide groups is 1. The number of hydrogen-bond donors (Lipinski definition) is 1. The lowest BCUT2D eigenvalue weighted by molar-refractivity contribution is -0.130. The van der Waals surface area contributed by atoms with Crippen LogP contribution in [0, 0.1) is 5.82 Å². The maximum Gasteiger partial charge on any atom is 0.325 e. The Morgan fingerprint density at radius 1 is 1.14 bits per heavy atom. The van der Waals surface area contributed by atoms with Gasteiger partial charge in [-0.3, -0.25) is 9.69 Å². The van der Waals surface area contributed by atoms with Crippen molar-refractivity contribution < 1.29 is 23.5 Å². The van der Waals surface area contributed by atoms with Crippen LogP contribution in [0.3, 0.4) is 0 Å². The fraction of sp³-hybridized carbons (Fsp3) is 0.333. The van der Waals surface area contributed by atoms with Gasteiger partial charge in [0.05, 0.1) is 13.2 Å². The lowest BCUT2D eigenvalue weighted by Gasteiger charge is -2.23. The molecule has 0 aliphatic carbocycles. The van der Waals surface area contributed by atoms with Gasteiger partial charge in [0.25, 0.3) is 5.91 Å². The van der Waals surface area contributed by atoms with E-state index < -0.39 is 11.6 Å². The van der Waals surface area contributed by atoms with E-state index in [0.717, 1.165) is 6.42 Å². The first kappa shape index (κ1) is 19.6. The molecule has 6 nitrogen and oxygen atoms in total. The molecular weight excluding hydrogens is 395 g/mol. The molecule has 0 spiro atoms. The molecule has 0 bridgehead atoms. The molecule has 2 aliphatic rings. The quantitative estimate of drug-likeness (QED) is 0.597. The summed E-state index contributed by atoms with van der Waals surface area (Å²) < 4.78 is 25.1. The van der Waals surface area contributed by atoms with E-state index in [2.05, 4.69) is 5.32 Å². The number of carbonyl (C=O) groups is 2. The number of thioether (sulfide) groups is 1. The van der Waals surface area contributed by atoms with Gasteiger partial charge in [0.1, 0.15) is 11.4 Å². The first-order valence-corrected chi connectivity index (χ1v) is 10.4. The Labute approximate surface area is 172 Å². The van der Waals surface area contributed by atoms with E-state index in [0.29, 0.717) is 40.9 Å². The number of carbonyl (C=O) groups excluding carboxylic acids is 2. The topological polar surface area (TPSA) is 67.9 Å². The molecule has 1 N–H and O–H groups in total. The molecular formula is C21H21FN2O4S. The van der Waals surface area contributed by atoms with Crippen molar-refractivity contribution in [3.8, 4) is 11.5 Å². The standard InChI is InChI=1S/C21H21FN2O4S/c1-21(14-7-8-16-17(13-14)28-11-4-10-27-16)19(25)24(20(26)23-21)9-12-29-18-6-3-2-5-15(18)22/h2-3,5-8,13H,4,9-12H2,1H3,(H,23,26). The number of urea groups is 1. The van der Waals surface area contributed by atoms with E-state index in [1.165, 1.54) is 22.7 Å². The van der Waals surface area contributed by atoms with Crippen molar-refractivity contribution in [1.29, 1.82) is 0 Å². The zero-order valence-corrected chi connectivity index (χ0v) is 16.8. The minimum Gasteiger partial charge on any atom is -0.490 e. The van der Waals surface area contributed by atoms with E-state index in [9.17, 15) is 14.0 Å². The van der Waals surface area contributed by atoms with Gasteiger partial charge in [0.2, 0.25) is 0 Å². The van der Waals surface area contributed by atoms with Crippen LogP contribution in [0.4, 0.5) is 9.18 Å². The van der Waals surface area contributed by atoms with Crippen LogP contribution in [0.2, 0.25) is 0 Å². The van der Waals surface area contributed by atoms with Crippen molar-refractivity contribution in [1.82, 2.24) is 10.2 Å². The van der Waals surface area contributed by atoms with Gasteiger partial charge in [0.15, 0.2) is 11.5 Å². The monoisotopic (exact) mass is 416 g/mol. The lowest BCUT2D eigenvalue weighted by Crippen LogP contribution is -2.41. The van der Waals surface area contributed by atoms with Gasteiger partial charge >= 0.3 is 6.03 Å². The first-order chi connectivity index (χ1) is 14.0. The van der Waals surface area contributed by atoms with Crippen molar-refractivity contribution in [3.05, 3.63) is 53.8 Å². The molecule has 1 saturated heterocycles. The van der Waals surface area contributed by atoms with Crippen LogP contribution in [0.15, 0.2) is 47.4 Å². The average Bonchev–Trinajstić information content (AvgIpc) is 2.87. The maximum absolute atomic E-state index is 13.8. The zero-order valence-electron chi connectivity index (χ0n) is 15.9. The van der Waals surface area contributed by atoms with Crippen molar-refractivity contribution in [3.63, 3.8) is 0 Å². The highest BCUT2D eigenvalue weighted by Gasteiger charge is 2.49. The fourth-order valence-electron chi connectivity index (χ4n) is 3.38. The third-order valence-corrected chi connectivity index (χ3v) is 6.04. The molecule has 1 fully saturated rings. The minimum absolute atomic E-state index is 0.184. The van der Waals surface area contributed by atoms with E-state index in [-0.39, 0.29) is 18.3 Å². The van der Waals surface area contributed by atoms with Gasteiger partial charge in [0, 0.05) is 23.6 Å². The van der Waals surface area contributed by atoms with Crippen LogP contribution in [0.5, 0.6) is 11.5 Å². The highest BCUT2D eigenvalue weighted by atomic mass is 32.2. The largest absolute Gasteiger partial charge is 0.490 e. The van der Waals surface area contributed by atoms with Gasteiger partial charge in [-0.05, 0) is 36.8 Å². The molecule has 2 aromatic carbocycles. The van der Waals surface area contributed by atoms with Crippen LogP contribution in [0.25, 0.3) is 0 Å². The molecule has 2 aliphatic heterocycles. The van der Waals surface area contributed by atoms with Crippen LogP contribution >= 0.6 is 11.8 Å². The first-order valence-electron chi connectivity index (χ1n) is 9.40. The SMILES string of the molecule is CC1(c2ccc3c(c2)OCCCO3)NC(=O)N(CCSc2ccccc2F)C1=O. The van der Waals surface area contributed by atoms with Gasteiger partial charge < -0.3 is 14.8 Å². The van der Waals surface area contributed by atoms with E-state index in [1.807, 2.05) is 0 Å². The highest BCUT2D eigenvalue weighted by Crippen LogP contribution is 2.36. The van der Waals surface area contributed by atoms with Crippen LogP contribution in [-0.4, -0.2) is 42.3 Å². The summed E-state index contributed by atoms with van der Waals surface area (Å²) in [4.78, 5) is 27.2. The van der Waals surface area contributed by atoms with Crippen LogP contribution in [0.1, 0.15) is 18.9 Å². The Kier molecular flexibility index (Phi) is 5.36. The Morgan fingerprint density at radius 3 is 2.69 bits per heavy atom. The average molecular weight is 416 g/mol. The smallest absolute Gasteiger partial charge is 0.325 e. The van der Waals surface area contributed by atoms with Crippen LogP contribution in [-0.2, 0) is 10.3 Å².